The minimum Gasteiger partial charge on any atom is -0.494 e. The van der Waals surface area contributed by atoms with Crippen molar-refractivity contribution in [1.82, 2.24) is 9.97 Å². The molecule has 0 aliphatic rings. The normalized spacial score (nSPS) is 10.3. The lowest BCUT2D eigenvalue weighted by Gasteiger charge is -2.07. The molecule has 0 unspecified atom stereocenters. The lowest BCUT2D eigenvalue weighted by molar-refractivity contribution is 0.387. The van der Waals surface area contributed by atoms with E-state index < -0.39 is 5.82 Å². The molecule has 0 saturated carbocycles. The lowest BCUT2D eigenvalue weighted by Crippen LogP contribution is -1.93. The van der Waals surface area contributed by atoms with Crippen molar-refractivity contribution in [2.75, 3.05) is 7.11 Å². The number of nitrogens with one attached hydrogen (secondary N) is 1. The van der Waals surface area contributed by atoms with Crippen LogP contribution in [0.3, 0.4) is 0 Å². The number of benzene rings is 1. The zero-order valence-corrected chi connectivity index (χ0v) is 8.68. The van der Waals surface area contributed by atoms with Crippen LogP contribution in [0.5, 0.6) is 5.75 Å². The molecule has 0 amide bonds. The zero-order chi connectivity index (χ0) is 10.8. The molecule has 5 heteroatoms. The number of H-pyrrole nitrogens is 1. The third kappa shape index (κ3) is 1.68. The van der Waals surface area contributed by atoms with Gasteiger partial charge in [-0.15, -0.1) is 0 Å². The van der Waals surface area contributed by atoms with E-state index in [-0.39, 0.29) is 11.3 Å². The van der Waals surface area contributed by atoms with Gasteiger partial charge in [0.2, 0.25) is 0 Å². The zero-order valence-electron chi connectivity index (χ0n) is 7.92. The van der Waals surface area contributed by atoms with Crippen LogP contribution in [0.1, 0.15) is 0 Å². The molecule has 0 bridgehead atoms. The van der Waals surface area contributed by atoms with Gasteiger partial charge < -0.3 is 9.72 Å². The second kappa shape index (κ2) is 3.90. The fourth-order valence-electron chi connectivity index (χ4n) is 1.31. The number of hydrogen-bond donors (Lipinski definition) is 1. The maximum atomic E-state index is 13.8. The Morgan fingerprint density at radius 3 is 2.87 bits per heavy atom. The van der Waals surface area contributed by atoms with E-state index in [1.165, 1.54) is 19.4 Å². The van der Waals surface area contributed by atoms with E-state index in [0.717, 1.165) is 0 Å². The van der Waals surface area contributed by atoms with Crippen molar-refractivity contribution in [3.05, 3.63) is 35.4 Å². The van der Waals surface area contributed by atoms with E-state index in [1.54, 1.807) is 12.3 Å². The first-order valence-electron chi connectivity index (χ1n) is 4.25. The topological polar surface area (TPSA) is 37.9 Å². The molecular weight excluding hydrogens is 219 g/mol. The molecule has 2 rings (SSSR count). The third-order valence-corrected chi connectivity index (χ3v) is 2.33. The number of hydrogen-bond acceptors (Lipinski definition) is 2. The van der Waals surface area contributed by atoms with E-state index in [9.17, 15) is 4.39 Å². The maximum absolute atomic E-state index is 13.8. The van der Waals surface area contributed by atoms with Crippen molar-refractivity contribution in [2.24, 2.45) is 0 Å². The van der Waals surface area contributed by atoms with Crippen molar-refractivity contribution in [3.8, 4) is 17.1 Å². The van der Waals surface area contributed by atoms with Crippen LogP contribution in [0.4, 0.5) is 4.39 Å². The van der Waals surface area contributed by atoms with Crippen LogP contribution in [-0.4, -0.2) is 17.1 Å². The fourth-order valence-corrected chi connectivity index (χ4v) is 1.55. The van der Waals surface area contributed by atoms with Gasteiger partial charge in [0.25, 0.3) is 0 Å². The Kier molecular flexibility index (Phi) is 2.60. The van der Waals surface area contributed by atoms with Gasteiger partial charge in [-0.25, -0.2) is 9.37 Å². The van der Waals surface area contributed by atoms with Gasteiger partial charge in [0.1, 0.15) is 5.82 Å². The van der Waals surface area contributed by atoms with Gasteiger partial charge in [0, 0.05) is 12.4 Å². The van der Waals surface area contributed by atoms with Crippen LogP contribution in [-0.2, 0) is 0 Å². The van der Waals surface area contributed by atoms with Crippen LogP contribution in [0.15, 0.2) is 24.5 Å². The van der Waals surface area contributed by atoms with E-state index in [0.29, 0.717) is 10.8 Å². The van der Waals surface area contributed by atoms with Crippen LogP contribution < -0.4 is 4.74 Å². The molecule has 15 heavy (non-hydrogen) atoms. The average Bonchev–Trinajstić information content (AvgIpc) is 2.71. The summed E-state index contributed by atoms with van der Waals surface area (Å²) in [6.45, 7) is 0. The maximum Gasteiger partial charge on any atom is 0.177 e. The Balaban J connectivity index is 2.64. The monoisotopic (exact) mass is 226 g/mol. The number of halogens is 2. The predicted molar refractivity (Wildman–Crippen MR) is 55.5 cm³/mol. The van der Waals surface area contributed by atoms with Gasteiger partial charge in [-0.05, 0) is 12.1 Å². The number of imidazole rings is 1. The molecule has 1 heterocycles. The van der Waals surface area contributed by atoms with Gasteiger partial charge in [-0.3, -0.25) is 0 Å². The van der Waals surface area contributed by atoms with Crippen molar-refractivity contribution >= 4 is 11.6 Å². The van der Waals surface area contributed by atoms with Crippen LogP contribution in [0.25, 0.3) is 11.4 Å². The highest BCUT2D eigenvalue weighted by Gasteiger charge is 2.16. The Hall–Kier alpha value is -1.55. The minimum absolute atomic E-state index is 0.144. The summed E-state index contributed by atoms with van der Waals surface area (Å²) < 4.78 is 18.7. The molecule has 0 spiro atoms. The van der Waals surface area contributed by atoms with Crippen LogP contribution in [0, 0.1) is 5.82 Å². The van der Waals surface area contributed by atoms with E-state index >= 15 is 0 Å². The van der Waals surface area contributed by atoms with Gasteiger partial charge in [0.05, 0.1) is 17.7 Å². The molecule has 0 saturated heterocycles. The van der Waals surface area contributed by atoms with Crippen molar-refractivity contribution in [1.29, 1.82) is 0 Å². The lowest BCUT2D eigenvalue weighted by atomic mass is 10.2. The van der Waals surface area contributed by atoms with Crippen LogP contribution >= 0.6 is 11.6 Å². The summed E-state index contributed by atoms with van der Waals surface area (Å²) in [5.74, 6) is 0.0159. The Morgan fingerprint density at radius 1 is 1.47 bits per heavy atom. The SMILES string of the molecule is COc1ccc(Cl)c(-c2ncc[nH]2)c1F. The average molecular weight is 227 g/mol. The molecule has 0 aliphatic heterocycles. The molecule has 1 N–H and O–H groups in total. The summed E-state index contributed by atoms with van der Waals surface area (Å²) in [5, 5.41) is 0.295. The molecule has 3 nitrogen and oxygen atoms in total. The number of nitrogens with zero attached hydrogens (tertiary/aromatic N) is 1. The number of aromatic amines is 1. The standard InChI is InChI=1S/C10H8ClFN2O/c1-15-7-3-2-6(11)8(9(7)12)10-13-4-5-14-10/h2-5H,1H3,(H,13,14). The summed E-state index contributed by atoms with van der Waals surface area (Å²) >= 11 is 5.89. The highest BCUT2D eigenvalue weighted by Crippen LogP contribution is 2.33. The smallest absolute Gasteiger partial charge is 0.177 e. The van der Waals surface area contributed by atoms with E-state index in [1.807, 2.05) is 0 Å². The summed E-state index contributed by atoms with van der Waals surface area (Å²) in [5.41, 5.74) is 0.223. The Morgan fingerprint density at radius 2 is 2.27 bits per heavy atom. The van der Waals surface area contributed by atoms with E-state index in [2.05, 4.69) is 9.97 Å². The fraction of sp³-hybridized carbons (Fsp3) is 0.100. The van der Waals surface area contributed by atoms with Crippen molar-refractivity contribution in [2.45, 2.75) is 0 Å². The molecule has 1 aromatic carbocycles. The largest absolute Gasteiger partial charge is 0.494 e. The molecule has 0 aliphatic carbocycles. The number of aromatic nitrogens is 2. The van der Waals surface area contributed by atoms with Gasteiger partial charge >= 0.3 is 0 Å². The number of rotatable bonds is 2. The first kappa shape index (κ1) is 9.98. The predicted octanol–water partition coefficient (Wildman–Crippen LogP) is 2.88. The van der Waals surface area contributed by atoms with Gasteiger partial charge in [0.15, 0.2) is 11.6 Å². The summed E-state index contributed by atoms with van der Waals surface area (Å²) in [6, 6.07) is 3.05. The minimum atomic E-state index is -0.514. The van der Waals surface area contributed by atoms with E-state index in [4.69, 9.17) is 16.3 Å². The molecular formula is C10H8ClFN2O. The molecule has 2 aromatic rings. The highest BCUT2D eigenvalue weighted by atomic mass is 35.5. The molecule has 0 radical (unpaired) electrons. The number of methoxy groups -OCH3 is 1. The molecule has 1 aromatic heterocycles. The highest BCUT2D eigenvalue weighted by molar-refractivity contribution is 6.33. The number of ether oxygens (including phenoxy) is 1. The second-order valence-electron chi connectivity index (χ2n) is 2.88. The van der Waals surface area contributed by atoms with Gasteiger partial charge in [-0.1, -0.05) is 11.6 Å². The second-order valence-corrected chi connectivity index (χ2v) is 3.28. The van der Waals surface area contributed by atoms with Crippen molar-refractivity contribution in [3.63, 3.8) is 0 Å². The Labute approximate surface area is 90.9 Å². The summed E-state index contributed by atoms with van der Waals surface area (Å²) in [7, 11) is 1.40. The Bertz CT molecular complexity index is 471. The molecule has 0 atom stereocenters. The molecule has 78 valence electrons. The first-order valence-corrected chi connectivity index (χ1v) is 4.63. The first-order chi connectivity index (χ1) is 7.24. The van der Waals surface area contributed by atoms with Crippen molar-refractivity contribution < 1.29 is 9.13 Å². The van der Waals surface area contributed by atoms with Gasteiger partial charge in [-0.2, -0.15) is 0 Å². The molecule has 0 fully saturated rings. The summed E-state index contributed by atoms with van der Waals surface area (Å²) in [4.78, 5) is 6.74. The van der Waals surface area contributed by atoms with Crippen LogP contribution in [0.2, 0.25) is 5.02 Å². The quantitative estimate of drug-likeness (QED) is 0.855. The third-order valence-electron chi connectivity index (χ3n) is 2.01. The summed E-state index contributed by atoms with van der Waals surface area (Å²) in [6.07, 6.45) is 3.13.